The lowest BCUT2D eigenvalue weighted by molar-refractivity contribution is -0.132. The fourth-order valence-electron chi connectivity index (χ4n) is 2.72. The quantitative estimate of drug-likeness (QED) is 0.762. The number of hydrogen-bond acceptors (Lipinski definition) is 3. The van der Waals surface area contributed by atoms with Crippen LogP contribution in [0.15, 0.2) is 0 Å². The Labute approximate surface area is 118 Å². The third-order valence-corrected chi connectivity index (χ3v) is 4.08. The predicted octanol–water partition coefficient (Wildman–Crippen LogP) is 1.56. The summed E-state index contributed by atoms with van der Waals surface area (Å²) >= 11 is 0. The number of likely N-dealkylation sites (N-methyl/N-ethyl adjacent to an activating group) is 1. The molecule has 1 aliphatic heterocycles. The highest BCUT2D eigenvalue weighted by molar-refractivity contribution is 5.78. The van der Waals surface area contributed by atoms with Crippen molar-refractivity contribution < 1.29 is 4.79 Å². The summed E-state index contributed by atoms with van der Waals surface area (Å²) in [5, 5.41) is 3.46. The van der Waals surface area contributed by atoms with E-state index in [1.54, 1.807) is 0 Å². The molecular weight excluding hydrogens is 238 g/mol. The second-order valence-electron chi connectivity index (χ2n) is 5.80. The lowest BCUT2D eigenvalue weighted by Crippen LogP contribution is -2.46. The number of amides is 1. The molecule has 1 atom stereocenters. The molecule has 19 heavy (non-hydrogen) atoms. The second kappa shape index (κ2) is 8.54. The summed E-state index contributed by atoms with van der Waals surface area (Å²) in [5.41, 5.74) is 0. The molecule has 0 aliphatic carbocycles. The number of nitrogens with one attached hydrogen (secondary N) is 1. The van der Waals surface area contributed by atoms with Gasteiger partial charge in [-0.2, -0.15) is 0 Å². The molecule has 112 valence electrons. The molecule has 1 fully saturated rings. The molecule has 1 saturated heterocycles. The van der Waals surface area contributed by atoms with Crippen molar-refractivity contribution in [2.45, 2.75) is 46.6 Å². The Morgan fingerprint density at radius 1 is 1.32 bits per heavy atom. The van der Waals surface area contributed by atoms with Crippen molar-refractivity contribution in [2.24, 2.45) is 5.92 Å². The van der Waals surface area contributed by atoms with Crippen LogP contribution in [0.1, 0.15) is 40.5 Å². The van der Waals surface area contributed by atoms with Crippen LogP contribution in [-0.4, -0.2) is 61.0 Å². The Morgan fingerprint density at radius 3 is 2.47 bits per heavy atom. The molecule has 0 spiro atoms. The fraction of sp³-hybridized carbons (Fsp3) is 0.933. The van der Waals surface area contributed by atoms with E-state index < -0.39 is 0 Å². The number of hydrogen-bond donors (Lipinski definition) is 1. The van der Waals surface area contributed by atoms with Gasteiger partial charge in [0, 0.05) is 25.7 Å². The summed E-state index contributed by atoms with van der Waals surface area (Å²) in [6.45, 7) is 13.9. The van der Waals surface area contributed by atoms with Gasteiger partial charge in [-0.15, -0.1) is 0 Å². The Morgan fingerprint density at radius 2 is 2.00 bits per heavy atom. The number of nitrogens with zero attached hydrogens (tertiary/aromatic N) is 2. The van der Waals surface area contributed by atoms with Gasteiger partial charge in [-0.1, -0.05) is 0 Å². The van der Waals surface area contributed by atoms with Crippen LogP contribution in [0.5, 0.6) is 0 Å². The maximum absolute atomic E-state index is 12.2. The maximum atomic E-state index is 12.2. The standard InChI is InChI=1S/C15H31N3O/c1-5-17(6-2)15(19)12-18(13(3)4)11-14-8-7-9-16-10-14/h13-14,16H,5-12H2,1-4H3. The topological polar surface area (TPSA) is 35.6 Å². The smallest absolute Gasteiger partial charge is 0.236 e. The van der Waals surface area contributed by atoms with E-state index in [9.17, 15) is 4.79 Å². The second-order valence-corrected chi connectivity index (χ2v) is 5.80. The first-order valence-electron chi connectivity index (χ1n) is 7.81. The van der Waals surface area contributed by atoms with Crippen LogP contribution in [-0.2, 0) is 4.79 Å². The Balaban J connectivity index is 2.49. The van der Waals surface area contributed by atoms with E-state index in [1.807, 2.05) is 18.7 Å². The molecule has 0 radical (unpaired) electrons. The average Bonchev–Trinajstić information content (AvgIpc) is 2.40. The zero-order chi connectivity index (χ0) is 14.3. The molecule has 1 amide bonds. The molecule has 0 saturated carbocycles. The molecule has 4 heteroatoms. The Hall–Kier alpha value is -0.610. The van der Waals surface area contributed by atoms with Crippen LogP contribution in [0.25, 0.3) is 0 Å². The molecule has 1 N–H and O–H groups in total. The Bertz CT molecular complexity index is 258. The van der Waals surface area contributed by atoms with Crippen molar-refractivity contribution in [3.8, 4) is 0 Å². The van der Waals surface area contributed by atoms with E-state index in [1.165, 1.54) is 12.8 Å². The van der Waals surface area contributed by atoms with E-state index in [0.717, 1.165) is 32.7 Å². The predicted molar refractivity (Wildman–Crippen MR) is 80.2 cm³/mol. The zero-order valence-corrected chi connectivity index (χ0v) is 13.1. The summed E-state index contributed by atoms with van der Waals surface area (Å²) in [4.78, 5) is 16.5. The number of carbonyl (C=O) groups is 1. The van der Waals surface area contributed by atoms with Crippen molar-refractivity contribution in [1.29, 1.82) is 0 Å². The maximum Gasteiger partial charge on any atom is 0.236 e. The molecule has 4 nitrogen and oxygen atoms in total. The van der Waals surface area contributed by atoms with Crippen LogP contribution in [0, 0.1) is 5.92 Å². The van der Waals surface area contributed by atoms with Crippen LogP contribution >= 0.6 is 0 Å². The fourth-order valence-corrected chi connectivity index (χ4v) is 2.72. The van der Waals surface area contributed by atoms with Gasteiger partial charge in [-0.05, 0) is 59.5 Å². The van der Waals surface area contributed by atoms with E-state index in [2.05, 4.69) is 24.1 Å². The molecule has 0 bridgehead atoms. The third-order valence-electron chi connectivity index (χ3n) is 4.08. The lowest BCUT2D eigenvalue weighted by atomic mass is 9.98. The highest BCUT2D eigenvalue weighted by Gasteiger charge is 2.22. The first-order valence-corrected chi connectivity index (χ1v) is 7.81. The summed E-state index contributed by atoms with van der Waals surface area (Å²) in [6, 6.07) is 0.432. The van der Waals surface area contributed by atoms with Gasteiger partial charge < -0.3 is 10.2 Å². The van der Waals surface area contributed by atoms with E-state index >= 15 is 0 Å². The molecule has 1 unspecified atom stereocenters. The minimum absolute atomic E-state index is 0.266. The molecule has 1 rings (SSSR count). The van der Waals surface area contributed by atoms with Crippen molar-refractivity contribution in [1.82, 2.24) is 15.1 Å². The first-order chi connectivity index (χ1) is 9.08. The van der Waals surface area contributed by atoms with E-state index in [0.29, 0.717) is 18.5 Å². The van der Waals surface area contributed by atoms with Crippen LogP contribution < -0.4 is 5.32 Å². The van der Waals surface area contributed by atoms with E-state index in [4.69, 9.17) is 0 Å². The van der Waals surface area contributed by atoms with Crippen molar-refractivity contribution in [3.05, 3.63) is 0 Å². The van der Waals surface area contributed by atoms with E-state index in [-0.39, 0.29) is 5.91 Å². The van der Waals surface area contributed by atoms with Crippen molar-refractivity contribution in [3.63, 3.8) is 0 Å². The molecule has 1 heterocycles. The summed E-state index contributed by atoms with van der Waals surface area (Å²) in [7, 11) is 0. The van der Waals surface area contributed by atoms with Crippen LogP contribution in [0.4, 0.5) is 0 Å². The minimum Gasteiger partial charge on any atom is -0.342 e. The van der Waals surface area contributed by atoms with Gasteiger partial charge in [0.15, 0.2) is 0 Å². The monoisotopic (exact) mass is 269 g/mol. The normalized spacial score (nSPS) is 20.0. The van der Waals surface area contributed by atoms with Crippen molar-refractivity contribution >= 4 is 5.91 Å². The molecule has 0 aromatic rings. The van der Waals surface area contributed by atoms with Gasteiger partial charge in [-0.3, -0.25) is 9.69 Å². The highest BCUT2D eigenvalue weighted by Crippen LogP contribution is 2.13. The summed E-state index contributed by atoms with van der Waals surface area (Å²) < 4.78 is 0. The molecule has 1 aliphatic rings. The van der Waals surface area contributed by atoms with Gasteiger partial charge in [0.1, 0.15) is 0 Å². The third kappa shape index (κ3) is 5.49. The largest absolute Gasteiger partial charge is 0.342 e. The summed E-state index contributed by atoms with van der Waals surface area (Å²) in [6.07, 6.45) is 2.55. The number of rotatable bonds is 7. The van der Waals surface area contributed by atoms with Crippen molar-refractivity contribution in [2.75, 3.05) is 39.3 Å². The highest BCUT2D eigenvalue weighted by atomic mass is 16.2. The van der Waals surface area contributed by atoms with Crippen LogP contribution in [0.3, 0.4) is 0 Å². The lowest BCUT2D eigenvalue weighted by Gasteiger charge is -2.33. The van der Waals surface area contributed by atoms with Crippen LogP contribution in [0.2, 0.25) is 0 Å². The van der Waals surface area contributed by atoms with Gasteiger partial charge >= 0.3 is 0 Å². The molecule has 0 aromatic heterocycles. The molecule has 0 aromatic carbocycles. The van der Waals surface area contributed by atoms with Gasteiger partial charge in [0.05, 0.1) is 6.54 Å². The first kappa shape index (κ1) is 16.4. The SMILES string of the molecule is CCN(CC)C(=O)CN(CC1CCCNC1)C(C)C. The number of carbonyl (C=O) groups excluding carboxylic acids is 1. The van der Waals surface area contributed by atoms with Gasteiger partial charge in [-0.25, -0.2) is 0 Å². The van der Waals surface area contributed by atoms with Gasteiger partial charge in [0.25, 0.3) is 0 Å². The Kier molecular flexibility index (Phi) is 7.39. The minimum atomic E-state index is 0.266. The summed E-state index contributed by atoms with van der Waals surface area (Å²) in [5.74, 6) is 0.961. The zero-order valence-electron chi connectivity index (χ0n) is 13.1. The number of piperidine rings is 1. The average molecular weight is 269 g/mol. The molecular formula is C15H31N3O. The van der Waals surface area contributed by atoms with Gasteiger partial charge in [0.2, 0.25) is 5.91 Å².